The lowest BCUT2D eigenvalue weighted by Crippen LogP contribution is -2.03. The number of rotatable bonds is 6. The fourth-order valence-corrected chi connectivity index (χ4v) is 9.83. The molecular formula is C58H34N6O. The van der Waals surface area contributed by atoms with E-state index < -0.39 is 0 Å². The summed E-state index contributed by atoms with van der Waals surface area (Å²) in [5.41, 5.74) is 12.1. The molecule has 65 heavy (non-hydrogen) atoms. The lowest BCUT2D eigenvalue weighted by atomic mass is 9.97. The Morgan fingerprint density at radius 3 is 1.60 bits per heavy atom. The monoisotopic (exact) mass is 830 g/mol. The maximum absolute atomic E-state index is 11.4. The summed E-state index contributed by atoms with van der Waals surface area (Å²) >= 11 is 0. The molecule has 0 aliphatic rings. The van der Waals surface area contributed by atoms with Gasteiger partial charge in [-0.05, 0) is 48.0 Å². The molecule has 0 amide bonds. The van der Waals surface area contributed by atoms with E-state index in [0.29, 0.717) is 39.8 Å². The van der Waals surface area contributed by atoms with Gasteiger partial charge in [-0.15, -0.1) is 0 Å². The number of nitrogens with zero attached hydrogens (tertiary/aromatic N) is 6. The molecule has 0 aliphatic carbocycles. The SMILES string of the molecule is N#Cc1cc(-n2c3ccccc3c3c2c(-c2ccccc2)cc2c4ccccc4n(-c4ccccc4)c23)c2oc3ccccc3c2c1-c1nc(-c2ccccc2)nc(-c2ccccc2)n1. The van der Waals surface area contributed by atoms with Crippen LogP contribution in [0.4, 0.5) is 0 Å². The molecule has 4 heterocycles. The molecule has 0 unspecified atom stereocenters. The molecule has 9 aromatic carbocycles. The maximum atomic E-state index is 11.4. The third-order valence-electron chi connectivity index (χ3n) is 12.6. The van der Waals surface area contributed by atoms with E-state index in [0.717, 1.165) is 82.6 Å². The van der Waals surface area contributed by atoms with Crippen molar-refractivity contribution < 1.29 is 4.42 Å². The largest absolute Gasteiger partial charge is 0.454 e. The topological polar surface area (TPSA) is 85.5 Å². The molecule has 0 radical (unpaired) electrons. The van der Waals surface area contributed by atoms with E-state index in [2.05, 4.69) is 137 Å². The predicted octanol–water partition coefficient (Wildman–Crippen LogP) is 14.5. The molecule has 7 nitrogen and oxygen atoms in total. The van der Waals surface area contributed by atoms with Gasteiger partial charge in [0.1, 0.15) is 5.58 Å². The Kier molecular flexibility index (Phi) is 8.14. The molecule has 0 saturated carbocycles. The summed E-state index contributed by atoms with van der Waals surface area (Å²) in [5, 5.41) is 17.5. The normalized spacial score (nSPS) is 11.7. The van der Waals surface area contributed by atoms with Crippen LogP contribution < -0.4 is 0 Å². The van der Waals surface area contributed by atoms with Crippen molar-refractivity contribution in [2.75, 3.05) is 0 Å². The third kappa shape index (κ3) is 5.58. The van der Waals surface area contributed by atoms with E-state index in [1.165, 1.54) is 5.39 Å². The fraction of sp³-hybridized carbons (Fsp3) is 0. The number of aromatic nitrogens is 5. The van der Waals surface area contributed by atoms with Gasteiger partial charge in [-0.25, -0.2) is 15.0 Å². The van der Waals surface area contributed by atoms with Crippen molar-refractivity contribution in [1.82, 2.24) is 24.1 Å². The Morgan fingerprint density at radius 1 is 0.431 bits per heavy atom. The minimum atomic E-state index is 0.388. The highest BCUT2D eigenvalue weighted by molar-refractivity contribution is 6.30. The Labute approximate surface area is 372 Å². The Morgan fingerprint density at radius 2 is 0.954 bits per heavy atom. The summed E-state index contributed by atoms with van der Waals surface area (Å²) in [6, 6.07) is 73.2. The second kappa shape index (κ2) is 14.5. The Hall–Kier alpha value is -9.12. The first-order chi connectivity index (χ1) is 32.2. The smallest absolute Gasteiger partial charge is 0.166 e. The quantitative estimate of drug-likeness (QED) is 0.167. The van der Waals surface area contributed by atoms with Crippen LogP contribution in [0.25, 0.3) is 122 Å². The van der Waals surface area contributed by atoms with Gasteiger partial charge in [0.25, 0.3) is 0 Å². The average molecular weight is 831 g/mol. The molecule has 13 rings (SSSR count). The number of furan rings is 1. The lowest BCUT2D eigenvalue weighted by molar-refractivity contribution is 0.666. The van der Waals surface area contributed by atoms with Crippen LogP contribution >= 0.6 is 0 Å². The van der Waals surface area contributed by atoms with Gasteiger partial charge < -0.3 is 13.6 Å². The molecule has 13 aromatic rings. The van der Waals surface area contributed by atoms with Crippen molar-refractivity contribution in [3.63, 3.8) is 0 Å². The van der Waals surface area contributed by atoms with Gasteiger partial charge in [-0.1, -0.05) is 164 Å². The summed E-state index contributed by atoms with van der Waals surface area (Å²) in [6.45, 7) is 0. The summed E-state index contributed by atoms with van der Waals surface area (Å²) in [7, 11) is 0. The van der Waals surface area contributed by atoms with E-state index in [9.17, 15) is 5.26 Å². The zero-order chi connectivity index (χ0) is 43.0. The Balaban J connectivity index is 1.21. The standard InChI is InChI=1S/C58H34N6O/c59-35-39-33-48(55-51(43-29-15-18-32-49(43)65-55)50(39)58-61-56(37-21-7-2-8-22-37)60-57(62-58)38-23-9-3-10-24-38)64-47-31-17-14-28-42(47)52-53(64)44(36-19-5-1-6-20-36)34-45-41-27-13-16-30-46(41)63(54(45)52)40-25-11-4-12-26-40/h1-34H. The molecular weight excluding hydrogens is 797 g/mol. The van der Waals surface area contributed by atoms with Crippen LogP contribution in [-0.2, 0) is 0 Å². The number of para-hydroxylation sites is 4. The van der Waals surface area contributed by atoms with Crippen LogP contribution in [0, 0.1) is 11.3 Å². The van der Waals surface area contributed by atoms with E-state index in [4.69, 9.17) is 19.4 Å². The zero-order valence-corrected chi connectivity index (χ0v) is 34.7. The van der Waals surface area contributed by atoms with Crippen molar-refractivity contribution in [3.8, 4) is 62.7 Å². The minimum Gasteiger partial charge on any atom is -0.454 e. The van der Waals surface area contributed by atoms with Gasteiger partial charge in [-0.2, -0.15) is 5.26 Å². The summed E-state index contributed by atoms with van der Waals surface area (Å²) in [4.78, 5) is 15.3. The molecule has 7 heteroatoms. The molecule has 302 valence electrons. The van der Waals surface area contributed by atoms with E-state index in [1.54, 1.807) is 0 Å². The van der Waals surface area contributed by atoms with Crippen LogP contribution in [0.3, 0.4) is 0 Å². The number of benzene rings is 9. The van der Waals surface area contributed by atoms with Gasteiger partial charge in [0, 0.05) is 60.3 Å². The van der Waals surface area contributed by atoms with Crippen LogP contribution in [0.1, 0.15) is 5.56 Å². The van der Waals surface area contributed by atoms with Gasteiger partial charge in [0.2, 0.25) is 0 Å². The summed E-state index contributed by atoms with van der Waals surface area (Å²) in [5.74, 6) is 1.41. The predicted molar refractivity (Wildman–Crippen MR) is 262 cm³/mol. The number of hydrogen-bond donors (Lipinski definition) is 0. The number of fused-ring (bicyclic) bond motifs is 10. The summed E-state index contributed by atoms with van der Waals surface area (Å²) < 4.78 is 11.8. The first-order valence-electron chi connectivity index (χ1n) is 21.6. The number of nitriles is 1. The average Bonchev–Trinajstić information content (AvgIpc) is 4.05. The first kappa shape index (κ1) is 36.5. The highest BCUT2D eigenvalue weighted by Crippen LogP contribution is 2.49. The third-order valence-corrected chi connectivity index (χ3v) is 12.6. The van der Waals surface area contributed by atoms with Crippen molar-refractivity contribution in [2.24, 2.45) is 0 Å². The molecule has 0 spiro atoms. The second-order valence-corrected chi connectivity index (χ2v) is 16.2. The van der Waals surface area contributed by atoms with Gasteiger partial charge in [0.05, 0.1) is 39.4 Å². The fourth-order valence-electron chi connectivity index (χ4n) is 9.83. The Bertz CT molecular complexity index is 3990. The van der Waals surface area contributed by atoms with E-state index >= 15 is 0 Å². The highest BCUT2D eigenvalue weighted by Gasteiger charge is 2.29. The zero-order valence-electron chi connectivity index (χ0n) is 34.7. The molecule has 0 atom stereocenters. The molecule has 0 aliphatic heterocycles. The first-order valence-corrected chi connectivity index (χ1v) is 21.6. The van der Waals surface area contributed by atoms with Crippen LogP contribution in [0.5, 0.6) is 0 Å². The highest BCUT2D eigenvalue weighted by atomic mass is 16.3. The number of hydrogen-bond acceptors (Lipinski definition) is 5. The maximum Gasteiger partial charge on any atom is 0.166 e. The van der Waals surface area contributed by atoms with Gasteiger partial charge >= 0.3 is 0 Å². The summed E-state index contributed by atoms with van der Waals surface area (Å²) in [6.07, 6.45) is 0. The lowest BCUT2D eigenvalue weighted by Gasteiger charge is -2.16. The second-order valence-electron chi connectivity index (χ2n) is 16.2. The van der Waals surface area contributed by atoms with E-state index in [-0.39, 0.29) is 0 Å². The van der Waals surface area contributed by atoms with Gasteiger partial charge in [-0.3, -0.25) is 0 Å². The molecule has 0 fully saturated rings. The van der Waals surface area contributed by atoms with E-state index in [1.807, 2.05) is 84.9 Å². The van der Waals surface area contributed by atoms with Crippen molar-refractivity contribution in [2.45, 2.75) is 0 Å². The van der Waals surface area contributed by atoms with Crippen molar-refractivity contribution in [3.05, 3.63) is 212 Å². The minimum absolute atomic E-state index is 0.388. The molecule has 0 bridgehead atoms. The molecule has 4 aromatic heterocycles. The molecule has 0 N–H and O–H groups in total. The van der Waals surface area contributed by atoms with Crippen molar-refractivity contribution >= 4 is 65.6 Å². The molecule has 0 saturated heterocycles. The van der Waals surface area contributed by atoms with Gasteiger partial charge in [0.15, 0.2) is 23.1 Å². The van der Waals surface area contributed by atoms with Crippen molar-refractivity contribution in [1.29, 1.82) is 5.26 Å². The van der Waals surface area contributed by atoms with Crippen LogP contribution in [-0.4, -0.2) is 24.1 Å². The van der Waals surface area contributed by atoms with Crippen LogP contribution in [0.2, 0.25) is 0 Å². The van der Waals surface area contributed by atoms with Crippen LogP contribution in [0.15, 0.2) is 211 Å².